The molecule has 16 heavy (non-hydrogen) atoms. The van der Waals surface area contributed by atoms with E-state index in [1.54, 1.807) is 0 Å². The lowest BCUT2D eigenvalue weighted by molar-refractivity contribution is 0.246. The molecular weight excluding hydrogens is 222 g/mol. The molecule has 0 N–H and O–H groups in total. The highest BCUT2D eigenvalue weighted by Crippen LogP contribution is 2.32. The van der Waals surface area contributed by atoms with Gasteiger partial charge in [0.15, 0.2) is 0 Å². The Kier molecular flexibility index (Phi) is 3.85. The maximum atomic E-state index is 6.01. The molecule has 0 atom stereocenters. The van der Waals surface area contributed by atoms with Gasteiger partial charge in [-0.1, -0.05) is 26.2 Å². The summed E-state index contributed by atoms with van der Waals surface area (Å²) in [5.74, 6) is 2.64. The zero-order valence-electron chi connectivity index (χ0n) is 10.1. The number of aromatic nitrogens is 3. The molecule has 1 fully saturated rings. The van der Waals surface area contributed by atoms with Gasteiger partial charge in [0, 0.05) is 6.54 Å². The molecule has 1 saturated carbocycles. The highest BCUT2D eigenvalue weighted by atomic mass is 35.5. The number of hydrogen-bond acceptors (Lipinski definition) is 2. The van der Waals surface area contributed by atoms with Crippen LogP contribution < -0.4 is 0 Å². The van der Waals surface area contributed by atoms with Gasteiger partial charge in [-0.05, 0) is 43.2 Å². The topological polar surface area (TPSA) is 30.7 Å². The Bertz CT molecular complexity index is 321. The molecular formula is C12H20ClN3. The molecule has 4 heteroatoms. The summed E-state index contributed by atoms with van der Waals surface area (Å²) in [4.78, 5) is 0. The molecule has 1 aromatic heterocycles. The van der Waals surface area contributed by atoms with Crippen molar-refractivity contribution in [1.82, 2.24) is 14.8 Å². The molecule has 1 aromatic rings. The Balaban J connectivity index is 1.92. The number of nitrogens with zero attached hydrogens (tertiary/aromatic N) is 3. The first kappa shape index (κ1) is 11.9. The molecule has 1 aliphatic rings. The second kappa shape index (κ2) is 5.17. The first-order chi connectivity index (χ1) is 7.70. The number of aryl methyl sites for hydroxylation is 1. The normalized spacial score (nSPS) is 25.9. The maximum absolute atomic E-state index is 6.01. The van der Waals surface area contributed by atoms with Crippen LogP contribution in [-0.4, -0.2) is 14.8 Å². The van der Waals surface area contributed by atoms with Crippen LogP contribution in [-0.2, 0) is 6.54 Å². The van der Waals surface area contributed by atoms with Gasteiger partial charge in [-0.3, -0.25) is 0 Å². The van der Waals surface area contributed by atoms with Crippen molar-refractivity contribution in [3.8, 4) is 0 Å². The molecule has 0 saturated heterocycles. The van der Waals surface area contributed by atoms with Crippen molar-refractivity contribution in [3.05, 3.63) is 11.1 Å². The average Bonchev–Trinajstić information content (AvgIpc) is 2.62. The lowest BCUT2D eigenvalue weighted by Gasteiger charge is -2.28. The Morgan fingerprint density at radius 2 is 1.81 bits per heavy atom. The molecule has 0 aromatic carbocycles. The van der Waals surface area contributed by atoms with Crippen LogP contribution in [0.2, 0.25) is 5.28 Å². The van der Waals surface area contributed by atoms with Crippen molar-refractivity contribution < 1.29 is 0 Å². The summed E-state index contributed by atoms with van der Waals surface area (Å²) in [6.45, 7) is 5.26. The molecule has 2 rings (SSSR count). The third kappa shape index (κ3) is 2.57. The van der Waals surface area contributed by atoms with Gasteiger partial charge >= 0.3 is 0 Å². The Labute approximate surface area is 102 Å². The molecule has 0 aliphatic heterocycles. The largest absolute Gasteiger partial charge is 0.302 e. The molecule has 0 spiro atoms. The van der Waals surface area contributed by atoms with E-state index >= 15 is 0 Å². The second-order valence-electron chi connectivity index (χ2n) is 4.92. The average molecular weight is 242 g/mol. The van der Waals surface area contributed by atoms with Gasteiger partial charge in [-0.25, -0.2) is 0 Å². The molecule has 0 radical (unpaired) electrons. The van der Waals surface area contributed by atoms with Crippen molar-refractivity contribution in [3.63, 3.8) is 0 Å². The highest BCUT2D eigenvalue weighted by molar-refractivity contribution is 6.28. The Morgan fingerprint density at radius 1 is 1.19 bits per heavy atom. The molecule has 0 amide bonds. The van der Waals surface area contributed by atoms with E-state index in [4.69, 9.17) is 11.6 Å². The summed E-state index contributed by atoms with van der Waals surface area (Å²) in [6.07, 6.45) is 6.73. The van der Waals surface area contributed by atoms with E-state index in [0.717, 1.165) is 24.2 Å². The molecule has 1 heterocycles. The fourth-order valence-electron chi connectivity index (χ4n) is 2.64. The summed E-state index contributed by atoms with van der Waals surface area (Å²) >= 11 is 6.01. The van der Waals surface area contributed by atoms with Gasteiger partial charge < -0.3 is 4.57 Å². The van der Waals surface area contributed by atoms with Crippen LogP contribution in [0.4, 0.5) is 0 Å². The fourth-order valence-corrected chi connectivity index (χ4v) is 2.87. The van der Waals surface area contributed by atoms with Crippen molar-refractivity contribution in [1.29, 1.82) is 0 Å². The predicted octanol–water partition coefficient (Wildman–Crippen LogP) is 3.46. The van der Waals surface area contributed by atoms with E-state index in [2.05, 4.69) is 17.1 Å². The van der Waals surface area contributed by atoms with Gasteiger partial charge in [0.1, 0.15) is 5.82 Å². The standard InChI is InChI=1S/C12H20ClN3/c1-3-10-4-6-11(7-5-10)8-16-9(2)14-15-12(16)13/h10-11H,3-8H2,1-2H3. The van der Waals surface area contributed by atoms with E-state index < -0.39 is 0 Å². The summed E-state index contributed by atoms with van der Waals surface area (Å²) < 4.78 is 2.04. The zero-order chi connectivity index (χ0) is 11.5. The minimum atomic E-state index is 0.537. The van der Waals surface area contributed by atoms with Crippen LogP contribution in [0.1, 0.15) is 44.9 Å². The molecule has 90 valence electrons. The first-order valence-corrected chi connectivity index (χ1v) is 6.63. The monoisotopic (exact) mass is 241 g/mol. The van der Waals surface area contributed by atoms with Gasteiger partial charge in [0.25, 0.3) is 0 Å². The summed E-state index contributed by atoms with van der Waals surface area (Å²) in [5, 5.41) is 8.42. The third-order valence-corrected chi connectivity index (χ3v) is 4.15. The van der Waals surface area contributed by atoms with Crippen LogP contribution in [0.25, 0.3) is 0 Å². The van der Waals surface area contributed by atoms with Crippen molar-refractivity contribution in [2.45, 2.75) is 52.5 Å². The Morgan fingerprint density at radius 3 is 2.31 bits per heavy atom. The zero-order valence-corrected chi connectivity index (χ0v) is 10.9. The van der Waals surface area contributed by atoms with Crippen molar-refractivity contribution in [2.75, 3.05) is 0 Å². The van der Waals surface area contributed by atoms with Gasteiger partial charge in [-0.2, -0.15) is 0 Å². The van der Waals surface area contributed by atoms with Crippen molar-refractivity contribution in [2.24, 2.45) is 11.8 Å². The van der Waals surface area contributed by atoms with Crippen LogP contribution in [0.15, 0.2) is 0 Å². The quantitative estimate of drug-likeness (QED) is 0.812. The Hall–Kier alpha value is -0.570. The second-order valence-corrected chi connectivity index (χ2v) is 5.26. The lowest BCUT2D eigenvalue weighted by Crippen LogP contribution is -2.19. The lowest BCUT2D eigenvalue weighted by atomic mass is 9.81. The van der Waals surface area contributed by atoms with Gasteiger partial charge in [0.2, 0.25) is 5.28 Å². The number of hydrogen-bond donors (Lipinski definition) is 0. The molecule has 0 unspecified atom stereocenters. The summed E-state index contributed by atoms with van der Waals surface area (Å²) in [6, 6.07) is 0. The molecule has 0 bridgehead atoms. The highest BCUT2D eigenvalue weighted by Gasteiger charge is 2.21. The maximum Gasteiger partial charge on any atom is 0.225 e. The van der Waals surface area contributed by atoms with E-state index in [9.17, 15) is 0 Å². The number of halogens is 1. The minimum absolute atomic E-state index is 0.537. The fraction of sp³-hybridized carbons (Fsp3) is 0.833. The van der Waals surface area contributed by atoms with E-state index in [-0.39, 0.29) is 0 Å². The predicted molar refractivity (Wildman–Crippen MR) is 65.5 cm³/mol. The van der Waals surface area contributed by atoms with Crippen LogP contribution in [0.3, 0.4) is 0 Å². The summed E-state index contributed by atoms with van der Waals surface area (Å²) in [5.41, 5.74) is 0. The number of rotatable bonds is 3. The van der Waals surface area contributed by atoms with Crippen LogP contribution in [0, 0.1) is 18.8 Å². The minimum Gasteiger partial charge on any atom is -0.302 e. The molecule has 3 nitrogen and oxygen atoms in total. The third-order valence-electron chi connectivity index (χ3n) is 3.88. The first-order valence-electron chi connectivity index (χ1n) is 6.26. The molecule has 1 aliphatic carbocycles. The SMILES string of the molecule is CCC1CCC(Cn2c(C)nnc2Cl)CC1. The van der Waals surface area contributed by atoms with Gasteiger partial charge in [0.05, 0.1) is 0 Å². The van der Waals surface area contributed by atoms with Crippen molar-refractivity contribution >= 4 is 11.6 Å². The van der Waals surface area contributed by atoms with E-state index in [1.165, 1.54) is 32.1 Å². The van der Waals surface area contributed by atoms with E-state index in [0.29, 0.717) is 5.28 Å². The van der Waals surface area contributed by atoms with Gasteiger partial charge in [-0.15, -0.1) is 10.2 Å². The van der Waals surface area contributed by atoms with E-state index in [1.807, 2.05) is 11.5 Å². The smallest absolute Gasteiger partial charge is 0.225 e. The van der Waals surface area contributed by atoms with Crippen LogP contribution in [0.5, 0.6) is 0 Å². The summed E-state index contributed by atoms with van der Waals surface area (Å²) in [7, 11) is 0. The van der Waals surface area contributed by atoms with Crippen LogP contribution >= 0.6 is 11.6 Å².